The monoisotopic (exact) mass is 196 g/mol. The molecule has 1 fully saturated rings. The normalized spacial score (nSPS) is 17.9. The van der Waals surface area contributed by atoms with Crippen LogP contribution in [0.15, 0.2) is 0 Å². The zero-order valence-electron chi connectivity index (χ0n) is 10.1. The Kier molecular flexibility index (Phi) is 6.36. The molecule has 0 aromatic rings. The van der Waals surface area contributed by atoms with Crippen LogP contribution in [0.2, 0.25) is 0 Å². The van der Waals surface area contributed by atoms with Crippen LogP contribution in [0.25, 0.3) is 0 Å². The summed E-state index contributed by atoms with van der Waals surface area (Å²) in [6.45, 7) is 7.20. The molecule has 1 rings (SSSR count). The summed E-state index contributed by atoms with van der Waals surface area (Å²) < 4.78 is 0. The van der Waals surface area contributed by atoms with E-state index in [0.29, 0.717) is 5.41 Å². The molecule has 0 aromatic heterocycles. The SMILES string of the molecule is CC.CCC1(CN(C)C#N)CCCC1. The van der Waals surface area contributed by atoms with Crippen molar-refractivity contribution in [3.63, 3.8) is 0 Å². The fourth-order valence-electron chi connectivity index (χ4n) is 2.29. The van der Waals surface area contributed by atoms with E-state index in [0.717, 1.165) is 6.54 Å². The smallest absolute Gasteiger partial charge is 0.179 e. The largest absolute Gasteiger partial charge is 0.313 e. The molecule has 0 amide bonds. The molecule has 2 heteroatoms. The van der Waals surface area contributed by atoms with E-state index in [9.17, 15) is 0 Å². The van der Waals surface area contributed by atoms with Crippen LogP contribution < -0.4 is 0 Å². The summed E-state index contributed by atoms with van der Waals surface area (Å²) in [5.74, 6) is 0. The number of nitrogens with zero attached hydrogens (tertiary/aromatic N) is 2. The number of rotatable bonds is 3. The second-order valence-corrected chi connectivity index (χ2v) is 4.02. The lowest BCUT2D eigenvalue weighted by Crippen LogP contribution is -2.30. The molecule has 0 bridgehead atoms. The Morgan fingerprint density at radius 2 is 1.79 bits per heavy atom. The summed E-state index contributed by atoms with van der Waals surface area (Å²) in [5.41, 5.74) is 0.463. The van der Waals surface area contributed by atoms with Gasteiger partial charge in [0.05, 0.1) is 0 Å². The fourth-order valence-corrected chi connectivity index (χ4v) is 2.29. The molecular weight excluding hydrogens is 172 g/mol. The molecule has 82 valence electrons. The summed E-state index contributed by atoms with van der Waals surface area (Å²) in [6.07, 6.45) is 8.74. The molecule has 0 aliphatic heterocycles. The average Bonchev–Trinajstić information content (AvgIpc) is 2.70. The molecule has 0 aromatic carbocycles. The molecule has 1 aliphatic carbocycles. The molecular formula is C12H24N2. The summed E-state index contributed by atoms with van der Waals surface area (Å²) in [6, 6.07) is 0. The van der Waals surface area contributed by atoms with Gasteiger partial charge in [0.15, 0.2) is 6.19 Å². The molecule has 0 N–H and O–H groups in total. The Morgan fingerprint density at radius 1 is 1.29 bits per heavy atom. The van der Waals surface area contributed by atoms with Gasteiger partial charge in [-0.25, -0.2) is 0 Å². The van der Waals surface area contributed by atoms with Gasteiger partial charge in [0.1, 0.15) is 0 Å². The van der Waals surface area contributed by atoms with Gasteiger partial charge in [-0.3, -0.25) is 0 Å². The Bertz CT molecular complexity index is 175. The highest BCUT2D eigenvalue weighted by Crippen LogP contribution is 2.41. The Balaban J connectivity index is 0.000000791. The van der Waals surface area contributed by atoms with E-state index in [1.54, 1.807) is 4.90 Å². The van der Waals surface area contributed by atoms with Crippen molar-refractivity contribution in [3.8, 4) is 6.19 Å². The maximum Gasteiger partial charge on any atom is 0.179 e. The minimum absolute atomic E-state index is 0.463. The zero-order chi connectivity index (χ0) is 11.0. The third-order valence-corrected chi connectivity index (χ3v) is 3.16. The first-order valence-electron chi connectivity index (χ1n) is 5.83. The molecule has 0 unspecified atom stereocenters. The maximum atomic E-state index is 8.68. The van der Waals surface area contributed by atoms with E-state index >= 15 is 0 Å². The first-order valence-corrected chi connectivity index (χ1v) is 5.83. The van der Waals surface area contributed by atoms with E-state index in [4.69, 9.17) is 5.26 Å². The first kappa shape index (κ1) is 13.3. The van der Waals surface area contributed by atoms with E-state index in [1.165, 1.54) is 32.1 Å². The average molecular weight is 196 g/mol. The lowest BCUT2D eigenvalue weighted by atomic mass is 9.83. The second kappa shape index (κ2) is 6.70. The van der Waals surface area contributed by atoms with E-state index in [2.05, 4.69) is 13.1 Å². The summed E-state index contributed by atoms with van der Waals surface area (Å²) in [5, 5.41) is 8.68. The lowest BCUT2D eigenvalue weighted by Gasteiger charge is -2.29. The van der Waals surface area contributed by atoms with Crippen LogP contribution >= 0.6 is 0 Å². The van der Waals surface area contributed by atoms with Gasteiger partial charge in [0, 0.05) is 13.6 Å². The van der Waals surface area contributed by atoms with Gasteiger partial charge in [-0.05, 0) is 24.7 Å². The summed E-state index contributed by atoms with van der Waals surface area (Å²) in [4.78, 5) is 1.77. The fraction of sp³-hybridized carbons (Fsp3) is 0.917. The van der Waals surface area contributed by atoms with Crippen molar-refractivity contribution in [1.29, 1.82) is 5.26 Å². The highest BCUT2D eigenvalue weighted by Gasteiger charge is 2.32. The van der Waals surface area contributed by atoms with Crippen molar-refractivity contribution >= 4 is 0 Å². The summed E-state index contributed by atoms with van der Waals surface area (Å²) >= 11 is 0. The number of hydrogen-bond donors (Lipinski definition) is 0. The van der Waals surface area contributed by atoms with Crippen LogP contribution in [0, 0.1) is 16.9 Å². The predicted octanol–water partition coefficient (Wildman–Crippen LogP) is 3.40. The van der Waals surface area contributed by atoms with E-state index in [-0.39, 0.29) is 0 Å². The second-order valence-electron chi connectivity index (χ2n) is 4.02. The van der Waals surface area contributed by atoms with Crippen molar-refractivity contribution in [2.75, 3.05) is 13.6 Å². The van der Waals surface area contributed by atoms with Crippen LogP contribution in [0.5, 0.6) is 0 Å². The molecule has 0 spiro atoms. The Hall–Kier alpha value is -0.710. The minimum Gasteiger partial charge on any atom is -0.313 e. The zero-order valence-corrected chi connectivity index (χ0v) is 10.1. The van der Waals surface area contributed by atoms with Gasteiger partial charge in [-0.2, -0.15) is 5.26 Å². The third kappa shape index (κ3) is 3.57. The van der Waals surface area contributed by atoms with Crippen LogP contribution in [0.1, 0.15) is 52.9 Å². The van der Waals surface area contributed by atoms with Crippen LogP contribution in [-0.2, 0) is 0 Å². The van der Waals surface area contributed by atoms with Crippen LogP contribution in [0.4, 0.5) is 0 Å². The van der Waals surface area contributed by atoms with Gasteiger partial charge in [0.2, 0.25) is 0 Å². The maximum absolute atomic E-state index is 8.68. The molecule has 0 saturated heterocycles. The van der Waals surface area contributed by atoms with Gasteiger partial charge >= 0.3 is 0 Å². The van der Waals surface area contributed by atoms with Crippen molar-refractivity contribution in [1.82, 2.24) is 4.90 Å². The van der Waals surface area contributed by atoms with Crippen molar-refractivity contribution < 1.29 is 0 Å². The summed E-state index contributed by atoms with van der Waals surface area (Å²) in [7, 11) is 1.88. The van der Waals surface area contributed by atoms with E-state index in [1.807, 2.05) is 20.9 Å². The number of nitriles is 1. The number of hydrogen-bond acceptors (Lipinski definition) is 2. The molecule has 1 saturated carbocycles. The molecule has 2 nitrogen and oxygen atoms in total. The minimum atomic E-state index is 0.463. The standard InChI is InChI=1S/C10H18N2.C2H6/c1-3-10(6-4-5-7-10)8-12(2)9-11;1-2/h3-8H2,1-2H3;1-2H3. The highest BCUT2D eigenvalue weighted by molar-refractivity contribution is 4.88. The van der Waals surface area contributed by atoms with Crippen molar-refractivity contribution in [3.05, 3.63) is 0 Å². The quantitative estimate of drug-likeness (QED) is 0.511. The predicted molar refractivity (Wildman–Crippen MR) is 60.8 cm³/mol. The highest BCUT2D eigenvalue weighted by atomic mass is 15.1. The van der Waals surface area contributed by atoms with Crippen molar-refractivity contribution in [2.45, 2.75) is 52.9 Å². The van der Waals surface area contributed by atoms with Gasteiger partial charge < -0.3 is 4.90 Å². The van der Waals surface area contributed by atoms with Crippen LogP contribution in [-0.4, -0.2) is 18.5 Å². The topological polar surface area (TPSA) is 27.0 Å². The van der Waals surface area contributed by atoms with Crippen LogP contribution in [0.3, 0.4) is 0 Å². The van der Waals surface area contributed by atoms with Gasteiger partial charge in [0.25, 0.3) is 0 Å². The lowest BCUT2D eigenvalue weighted by molar-refractivity contribution is 0.213. The molecule has 14 heavy (non-hydrogen) atoms. The third-order valence-electron chi connectivity index (χ3n) is 3.16. The van der Waals surface area contributed by atoms with Crippen molar-refractivity contribution in [2.24, 2.45) is 5.41 Å². The molecule has 0 radical (unpaired) electrons. The molecule has 1 aliphatic rings. The Morgan fingerprint density at radius 3 is 2.14 bits per heavy atom. The molecule has 0 atom stereocenters. The Labute approximate surface area is 88.9 Å². The molecule has 0 heterocycles. The first-order chi connectivity index (χ1) is 6.72. The van der Waals surface area contributed by atoms with E-state index < -0.39 is 0 Å². The van der Waals surface area contributed by atoms with Gasteiger partial charge in [-0.1, -0.05) is 33.6 Å². The van der Waals surface area contributed by atoms with Gasteiger partial charge in [-0.15, -0.1) is 0 Å².